The SMILES string of the molecule is C1=CCC=C1.C1=CCC=C1.[Cl-].[Cl-].[H-].[Zr+3]. The van der Waals surface area contributed by atoms with Crippen LogP contribution >= 0.6 is 0 Å². The smallest absolute Gasteiger partial charge is 1.00 e. The van der Waals surface area contributed by atoms with Gasteiger partial charge in [0, 0.05) is 0 Å². The van der Waals surface area contributed by atoms with Crippen molar-refractivity contribution in [1.29, 1.82) is 0 Å². The predicted molar refractivity (Wildman–Crippen MR) is 46.9 cm³/mol. The number of allylic oxidation sites excluding steroid dienone is 8. The number of hydrogen-bond donors (Lipinski definition) is 0. The number of rotatable bonds is 0. The summed E-state index contributed by atoms with van der Waals surface area (Å²) in [5.41, 5.74) is 0. The van der Waals surface area contributed by atoms with E-state index < -0.39 is 0 Å². The maximum Gasteiger partial charge on any atom is 3.00 e. The van der Waals surface area contributed by atoms with Crippen molar-refractivity contribution in [2.24, 2.45) is 0 Å². The third kappa shape index (κ3) is 12.4. The van der Waals surface area contributed by atoms with Crippen LogP contribution < -0.4 is 24.8 Å². The molecule has 0 saturated carbocycles. The second-order valence-corrected chi connectivity index (χ2v) is 2.18. The summed E-state index contributed by atoms with van der Waals surface area (Å²) in [6, 6.07) is 0. The first kappa shape index (κ1) is 19.1. The summed E-state index contributed by atoms with van der Waals surface area (Å²) in [5, 5.41) is 0. The standard InChI is InChI=1S/2C5H6.2ClH.Zr.H/c2*1-2-4-5-3-1;;;;/h2*1-4H,5H2;2*1H;;/q;;;;+3;-1/p-2. The van der Waals surface area contributed by atoms with E-state index in [9.17, 15) is 0 Å². The Kier molecular flexibility index (Phi) is 21.9. The minimum absolute atomic E-state index is 0. The Morgan fingerprint density at radius 3 is 0.923 bits per heavy atom. The van der Waals surface area contributed by atoms with Crippen LogP contribution in [0.4, 0.5) is 0 Å². The molecule has 13 heavy (non-hydrogen) atoms. The summed E-state index contributed by atoms with van der Waals surface area (Å²) >= 11 is 0. The van der Waals surface area contributed by atoms with Crippen molar-refractivity contribution in [2.75, 3.05) is 0 Å². The topological polar surface area (TPSA) is 0 Å². The molecule has 0 aromatic heterocycles. The number of hydrogen-bond acceptors (Lipinski definition) is 0. The molecule has 0 N–H and O–H groups in total. The van der Waals surface area contributed by atoms with Crippen LogP contribution in [0.5, 0.6) is 0 Å². The summed E-state index contributed by atoms with van der Waals surface area (Å²) in [6.45, 7) is 0. The zero-order valence-electron chi connectivity index (χ0n) is 8.29. The summed E-state index contributed by atoms with van der Waals surface area (Å²) in [4.78, 5) is 0. The van der Waals surface area contributed by atoms with E-state index in [1.165, 1.54) is 0 Å². The van der Waals surface area contributed by atoms with E-state index in [1.807, 2.05) is 0 Å². The molecule has 71 valence electrons. The summed E-state index contributed by atoms with van der Waals surface area (Å²) < 4.78 is 0. The van der Waals surface area contributed by atoms with Crippen LogP contribution in [0, 0.1) is 0 Å². The fraction of sp³-hybridized carbons (Fsp3) is 0.200. The largest absolute Gasteiger partial charge is 3.00 e. The van der Waals surface area contributed by atoms with Crippen molar-refractivity contribution < 1.29 is 52.4 Å². The van der Waals surface area contributed by atoms with Crippen LogP contribution in [0.25, 0.3) is 0 Å². The molecule has 0 aromatic carbocycles. The maximum absolute atomic E-state index is 2.12. The third-order valence-electron chi connectivity index (χ3n) is 1.31. The zero-order valence-corrected chi connectivity index (χ0v) is 11.3. The van der Waals surface area contributed by atoms with Crippen LogP contribution in [-0.2, 0) is 26.2 Å². The van der Waals surface area contributed by atoms with Gasteiger partial charge < -0.3 is 26.2 Å². The third-order valence-corrected chi connectivity index (χ3v) is 1.31. The van der Waals surface area contributed by atoms with Crippen LogP contribution in [0.1, 0.15) is 14.3 Å². The molecule has 2 aliphatic carbocycles. The van der Waals surface area contributed by atoms with Gasteiger partial charge in [-0.15, -0.1) is 0 Å². The van der Waals surface area contributed by atoms with Crippen LogP contribution in [-0.4, -0.2) is 0 Å². The van der Waals surface area contributed by atoms with Gasteiger partial charge in [-0.05, 0) is 12.8 Å². The molecule has 0 aliphatic heterocycles. The van der Waals surface area contributed by atoms with Gasteiger partial charge in [0.25, 0.3) is 0 Å². The van der Waals surface area contributed by atoms with Gasteiger partial charge >= 0.3 is 26.2 Å². The Bertz CT molecular complexity index is 156. The second-order valence-electron chi connectivity index (χ2n) is 2.18. The molecule has 0 spiro atoms. The van der Waals surface area contributed by atoms with E-state index in [-0.39, 0.29) is 52.4 Å². The molecule has 0 aromatic rings. The van der Waals surface area contributed by atoms with Crippen molar-refractivity contribution in [3.05, 3.63) is 48.6 Å². The normalized spacial score (nSPS) is 13.5. The first-order chi connectivity index (χ1) is 5.00. The van der Waals surface area contributed by atoms with Gasteiger partial charge in [0.2, 0.25) is 0 Å². The molecule has 0 bridgehead atoms. The predicted octanol–water partition coefficient (Wildman–Crippen LogP) is -2.88. The minimum atomic E-state index is 0. The molecule has 2 rings (SSSR count). The Balaban J connectivity index is -0.0000000556. The summed E-state index contributed by atoms with van der Waals surface area (Å²) in [7, 11) is 0. The van der Waals surface area contributed by atoms with Gasteiger partial charge in [-0.1, -0.05) is 48.6 Å². The van der Waals surface area contributed by atoms with E-state index in [4.69, 9.17) is 0 Å². The molecular weight excluding hydrogens is 282 g/mol. The van der Waals surface area contributed by atoms with Gasteiger partial charge in [-0.2, -0.15) is 0 Å². The Labute approximate surface area is 113 Å². The number of halogens is 2. The van der Waals surface area contributed by atoms with Crippen molar-refractivity contribution in [2.45, 2.75) is 12.8 Å². The molecule has 2 aliphatic rings. The molecule has 1 radical (unpaired) electrons. The molecular formula is C10H13Cl2Zr. The average Bonchev–Trinajstić information content (AvgIpc) is 2.67. The van der Waals surface area contributed by atoms with Gasteiger partial charge in [0.05, 0.1) is 0 Å². The molecule has 3 heteroatoms. The van der Waals surface area contributed by atoms with E-state index in [0.717, 1.165) is 12.8 Å². The first-order valence-electron chi connectivity index (χ1n) is 3.63. The van der Waals surface area contributed by atoms with Crippen LogP contribution in [0.2, 0.25) is 0 Å². The average molecular weight is 295 g/mol. The van der Waals surface area contributed by atoms with Crippen molar-refractivity contribution >= 4 is 0 Å². The minimum Gasteiger partial charge on any atom is -1.00 e. The molecule has 0 atom stereocenters. The van der Waals surface area contributed by atoms with Gasteiger partial charge in [0.1, 0.15) is 0 Å². The summed E-state index contributed by atoms with van der Waals surface area (Å²) in [5.74, 6) is 0. The molecule has 0 amide bonds. The molecule has 0 saturated heterocycles. The van der Waals surface area contributed by atoms with E-state index in [0.29, 0.717) is 0 Å². The van der Waals surface area contributed by atoms with Gasteiger partial charge in [-0.3, -0.25) is 0 Å². The first-order valence-corrected chi connectivity index (χ1v) is 3.63. The maximum atomic E-state index is 2.12. The Hall–Kier alpha value is 0.423. The molecule has 0 unspecified atom stereocenters. The van der Waals surface area contributed by atoms with Crippen molar-refractivity contribution in [3.8, 4) is 0 Å². The van der Waals surface area contributed by atoms with Crippen LogP contribution in [0.15, 0.2) is 48.6 Å². The molecule has 0 nitrogen and oxygen atoms in total. The monoisotopic (exact) mass is 293 g/mol. The van der Waals surface area contributed by atoms with Gasteiger partial charge in [-0.25, -0.2) is 0 Å². The van der Waals surface area contributed by atoms with E-state index in [1.54, 1.807) is 0 Å². The van der Waals surface area contributed by atoms with E-state index in [2.05, 4.69) is 48.6 Å². The van der Waals surface area contributed by atoms with Crippen molar-refractivity contribution in [3.63, 3.8) is 0 Å². The van der Waals surface area contributed by atoms with E-state index >= 15 is 0 Å². The fourth-order valence-corrected chi connectivity index (χ4v) is 0.786. The second kappa shape index (κ2) is 14.9. The van der Waals surface area contributed by atoms with Gasteiger partial charge in [0.15, 0.2) is 0 Å². The Morgan fingerprint density at radius 2 is 0.846 bits per heavy atom. The van der Waals surface area contributed by atoms with Crippen LogP contribution in [0.3, 0.4) is 0 Å². The van der Waals surface area contributed by atoms with Crippen molar-refractivity contribution in [1.82, 2.24) is 0 Å². The molecule has 0 fully saturated rings. The summed E-state index contributed by atoms with van der Waals surface area (Å²) in [6.07, 6.45) is 19.0. The quantitative estimate of drug-likeness (QED) is 0.451. The molecule has 0 heterocycles. The fourth-order valence-electron chi connectivity index (χ4n) is 0.786. The Morgan fingerprint density at radius 1 is 0.615 bits per heavy atom. The zero-order chi connectivity index (χ0) is 7.07.